The molecule has 4 aliphatic rings. The maximum Gasteiger partial charge on any atom is 0.155 e. The summed E-state index contributed by atoms with van der Waals surface area (Å²) in [6, 6.07) is 0.0521. The van der Waals surface area contributed by atoms with Crippen LogP contribution in [-0.2, 0) is 4.79 Å². The van der Waals surface area contributed by atoms with Gasteiger partial charge in [0.2, 0.25) is 0 Å². The Morgan fingerprint density at radius 2 is 1.56 bits per heavy atom. The molecule has 2 nitrogen and oxygen atoms in total. The van der Waals surface area contributed by atoms with Crippen molar-refractivity contribution in [1.82, 2.24) is 5.32 Å². The van der Waals surface area contributed by atoms with Gasteiger partial charge in [-0.15, -0.1) is 0 Å². The molecule has 1 N–H and O–H groups in total. The van der Waals surface area contributed by atoms with Gasteiger partial charge in [-0.1, -0.05) is 0 Å². The standard InChI is InChI=1S/C14H23NO/c1-9(15-2)13(16)14-6-10-3-11(7-14)5-12(4-10)8-14/h9-12,15H,3-8H2,1-2H3. The van der Waals surface area contributed by atoms with E-state index in [1.807, 2.05) is 14.0 Å². The van der Waals surface area contributed by atoms with Gasteiger partial charge in [0.25, 0.3) is 0 Å². The third-order valence-electron chi connectivity index (χ3n) is 5.39. The Bertz CT molecular complexity index is 275. The van der Waals surface area contributed by atoms with Crippen molar-refractivity contribution in [2.45, 2.75) is 51.5 Å². The highest BCUT2D eigenvalue weighted by Crippen LogP contribution is 2.60. The molecule has 4 aliphatic carbocycles. The van der Waals surface area contributed by atoms with Crippen molar-refractivity contribution in [2.75, 3.05) is 7.05 Å². The van der Waals surface area contributed by atoms with Crippen LogP contribution in [0.4, 0.5) is 0 Å². The normalized spacial score (nSPS) is 47.0. The Kier molecular flexibility index (Phi) is 2.39. The lowest BCUT2D eigenvalue weighted by Crippen LogP contribution is -2.54. The molecule has 0 heterocycles. The molecule has 4 fully saturated rings. The summed E-state index contributed by atoms with van der Waals surface area (Å²) < 4.78 is 0. The predicted octanol–water partition coefficient (Wildman–Crippen LogP) is 2.38. The number of carbonyl (C=O) groups excluding carboxylic acids is 1. The minimum absolute atomic E-state index is 0.0521. The fourth-order valence-electron chi connectivity index (χ4n) is 5.00. The summed E-state index contributed by atoms with van der Waals surface area (Å²) in [7, 11) is 1.91. The summed E-state index contributed by atoms with van der Waals surface area (Å²) in [6.07, 6.45) is 7.85. The van der Waals surface area contributed by atoms with Gasteiger partial charge in [0.15, 0.2) is 5.78 Å². The maximum atomic E-state index is 12.6. The second-order valence-electron chi connectivity index (χ2n) is 6.57. The largest absolute Gasteiger partial charge is 0.311 e. The zero-order valence-corrected chi connectivity index (χ0v) is 10.5. The van der Waals surface area contributed by atoms with E-state index in [0.29, 0.717) is 5.78 Å². The molecule has 0 spiro atoms. The van der Waals surface area contributed by atoms with Gasteiger partial charge in [0.1, 0.15) is 0 Å². The van der Waals surface area contributed by atoms with Crippen molar-refractivity contribution >= 4 is 5.78 Å². The van der Waals surface area contributed by atoms with E-state index < -0.39 is 0 Å². The number of hydrogen-bond donors (Lipinski definition) is 1. The Hall–Kier alpha value is -0.370. The summed E-state index contributed by atoms with van der Waals surface area (Å²) in [6.45, 7) is 2.03. The molecule has 2 heteroatoms. The van der Waals surface area contributed by atoms with Crippen LogP contribution in [0, 0.1) is 23.2 Å². The molecule has 0 aromatic rings. The lowest BCUT2D eigenvalue weighted by molar-refractivity contribution is -0.145. The Balaban J connectivity index is 1.85. The van der Waals surface area contributed by atoms with Gasteiger partial charge < -0.3 is 5.32 Å². The predicted molar refractivity (Wildman–Crippen MR) is 64.1 cm³/mol. The monoisotopic (exact) mass is 221 g/mol. The Labute approximate surface area is 98.2 Å². The first-order valence-corrected chi connectivity index (χ1v) is 6.84. The molecule has 0 aromatic heterocycles. The Morgan fingerprint density at radius 1 is 1.12 bits per heavy atom. The van der Waals surface area contributed by atoms with E-state index in [9.17, 15) is 4.79 Å². The zero-order chi connectivity index (χ0) is 11.3. The summed E-state index contributed by atoms with van der Waals surface area (Å²) in [4.78, 5) is 12.6. The molecular weight excluding hydrogens is 198 g/mol. The number of hydrogen-bond acceptors (Lipinski definition) is 2. The molecule has 0 radical (unpaired) electrons. The van der Waals surface area contributed by atoms with E-state index in [-0.39, 0.29) is 11.5 Å². The quantitative estimate of drug-likeness (QED) is 0.793. The van der Waals surface area contributed by atoms with Crippen molar-refractivity contribution in [1.29, 1.82) is 0 Å². The fraction of sp³-hybridized carbons (Fsp3) is 0.929. The van der Waals surface area contributed by atoms with E-state index in [1.165, 1.54) is 38.5 Å². The summed E-state index contributed by atoms with van der Waals surface area (Å²) >= 11 is 0. The van der Waals surface area contributed by atoms with Crippen LogP contribution in [0.15, 0.2) is 0 Å². The van der Waals surface area contributed by atoms with Crippen LogP contribution in [-0.4, -0.2) is 18.9 Å². The number of carbonyl (C=O) groups is 1. The highest BCUT2D eigenvalue weighted by Gasteiger charge is 2.54. The van der Waals surface area contributed by atoms with Crippen molar-refractivity contribution < 1.29 is 4.79 Å². The molecule has 1 unspecified atom stereocenters. The Morgan fingerprint density at radius 3 is 1.94 bits per heavy atom. The van der Waals surface area contributed by atoms with E-state index in [2.05, 4.69) is 5.32 Å². The minimum Gasteiger partial charge on any atom is -0.311 e. The summed E-state index contributed by atoms with van der Waals surface area (Å²) in [5.41, 5.74) is 0.0805. The van der Waals surface area contributed by atoms with Gasteiger partial charge >= 0.3 is 0 Å². The average molecular weight is 221 g/mol. The number of ketones is 1. The van der Waals surface area contributed by atoms with Crippen LogP contribution >= 0.6 is 0 Å². The van der Waals surface area contributed by atoms with Crippen LogP contribution < -0.4 is 5.32 Å². The van der Waals surface area contributed by atoms with E-state index in [0.717, 1.165) is 17.8 Å². The molecule has 4 rings (SSSR count). The van der Waals surface area contributed by atoms with E-state index in [4.69, 9.17) is 0 Å². The topological polar surface area (TPSA) is 29.1 Å². The number of likely N-dealkylation sites (N-methyl/N-ethyl adjacent to an activating group) is 1. The first-order valence-electron chi connectivity index (χ1n) is 6.84. The first-order chi connectivity index (χ1) is 7.63. The van der Waals surface area contributed by atoms with Gasteiger partial charge in [0.05, 0.1) is 6.04 Å². The zero-order valence-electron chi connectivity index (χ0n) is 10.5. The van der Waals surface area contributed by atoms with Crippen molar-refractivity contribution in [3.8, 4) is 0 Å². The third-order valence-corrected chi connectivity index (χ3v) is 5.39. The maximum absolute atomic E-state index is 12.6. The third kappa shape index (κ3) is 1.46. The molecule has 4 bridgehead atoms. The number of rotatable bonds is 3. The molecule has 0 amide bonds. The van der Waals surface area contributed by atoms with Crippen molar-refractivity contribution in [2.24, 2.45) is 23.2 Å². The van der Waals surface area contributed by atoms with E-state index in [1.54, 1.807) is 0 Å². The molecule has 90 valence electrons. The smallest absolute Gasteiger partial charge is 0.155 e. The summed E-state index contributed by atoms with van der Waals surface area (Å²) in [5.74, 6) is 3.13. The van der Waals surface area contributed by atoms with Gasteiger partial charge in [-0.3, -0.25) is 4.79 Å². The molecule has 0 aromatic carbocycles. The van der Waals surface area contributed by atoms with Crippen LogP contribution in [0.2, 0.25) is 0 Å². The fourth-order valence-corrected chi connectivity index (χ4v) is 5.00. The van der Waals surface area contributed by atoms with Gasteiger partial charge in [0, 0.05) is 5.41 Å². The lowest BCUT2D eigenvalue weighted by Gasteiger charge is -2.56. The van der Waals surface area contributed by atoms with Crippen LogP contribution in [0.3, 0.4) is 0 Å². The molecule has 0 saturated heterocycles. The lowest BCUT2D eigenvalue weighted by atomic mass is 9.48. The molecule has 1 atom stereocenters. The second kappa shape index (κ2) is 3.56. The van der Waals surface area contributed by atoms with Crippen LogP contribution in [0.1, 0.15) is 45.4 Å². The molecule has 0 aliphatic heterocycles. The van der Waals surface area contributed by atoms with Crippen molar-refractivity contribution in [3.05, 3.63) is 0 Å². The number of Topliss-reactive ketones (excluding diaryl/α,β-unsaturated/α-hetero) is 1. The van der Waals surface area contributed by atoms with E-state index >= 15 is 0 Å². The molecular formula is C14H23NO. The summed E-state index contributed by atoms with van der Waals surface area (Å²) in [5, 5.41) is 3.14. The average Bonchev–Trinajstić information content (AvgIpc) is 2.25. The molecule has 16 heavy (non-hydrogen) atoms. The second-order valence-corrected chi connectivity index (χ2v) is 6.57. The van der Waals surface area contributed by atoms with Crippen LogP contribution in [0.5, 0.6) is 0 Å². The SMILES string of the molecule is CNC(C)C(=O)C12CC3CC(CC(C3)C1)C2. The van der Waals surface area contributed by atoms with Gasteiger partial charge in [-0.2, -0.15) is 0 Å². The number of nitrogens with one attached hydrogen (secondary N) is 1. The minimum atomic E-state index is 0.0521. The van der Waals surface area contributed by atoms with Crippen LogP contribution in [0.25, 0.3) is 0 Å². The van der Waals surface area contributed by atoms with Gasteiger partial charge in [-0.05, 0) is 70.3 Å². The first kappa shape index (κ1) is 10.8. The molecule has 4 saturated carbocycles. The highest BCUT2D eigenvalue weighted by molar-refractivity contribution is 5.89. The highest BCUT2D eigenvalue weighted by atomic mass is 16.1. The van der Waals surface area contributed by atoms with Crippen molar-refractivity contribution in [3.63, 3.8) is 0 Å². The van der Waals surface area contributed by atoms with Gasteiger partial charge in [-0.25, -0.2) is 0 Å².